The fourth-order valence-corrected chi connectivity index (χ4v) is 4.30. The molecule has 2 aromatic heterocycles. The number of halogens is 3. The summed E-state index contributed by atoms with van der Waals surface area (Å²) in [5, 5.41) is 7.20. The zero-order valence-corrected chi connectivity index (χ0v) is 18.2. The van der Waals surface area contributed by atoms with Crippen molar-refractivity contribution in [2.45, 2.75) is 33.4 Å². The maximum absolute atomic E-state index is 13.1. The van der Waals surface area contributed by atoms with Crippen LogP contribution in [0.2, 0.25) is 0 Å². The van der Waals surface area contributed by atoms with Gasteiger partial charge in [0.25, 0.3) is 11.5 Å². The number of carbonyl (C=O) groups excluding carboxylic acids is 1. The van der Waals surface area contributed by atoms with Gasteiger partial charge in [0.1, 0.15) is 9.88 Å². The Morgan fingerprint density at radius 2 is 1.84 bits per heavy atom. The lowest BCUT2D eigenvalue weighted by molar-refractivity contribution is -0.138. The topological polar surface area (TPSA) is 76.9 Å². The van der Waals surface area contributed by atoms with Crippen molar-refractivity contribution in [3.8, 4) is 10.6 Å². The molecule has 0 aliphatic heterocycles. The SMILES string of the molecule is Cc1nc(-c2c(C)c(C)nn(C)c2=O)sc1C(=O)NCCc1ccccc1C(F)(F)F. The van der Waals surface area contributed by atoms with Gasteiger partial charge in [0, 0.05) is 13.6 Å². The first-order valence-corrected chi connectivity index (χ1v) is 10.3. The molecule has 0 aliphatic carbocycles. The minimum absolute atomic E-state index is 0.0355. The first-order chi connectivity index (χ1) is 14.5. The van der Waals surface area contributed by atoms with Crippen LogP contribution in [-0.4, -0.2) is 27.2 Å². The first kappa shape index (κ1) is 22.7. The van der Waals surface area contributed by atoms with Crippen LogP contribution in [0, 0.1) is 20.8 Å². The van der Waals surface area contributed by atoms with E-state index in [9.17, 15) is 22.8 Å². The summed E-state index contributed by atoms with van der Waals surface area (Å²) in [7, 11) is 1.55. The van der Waals surface area contributed by atoms with Crippen LogP contribution in [0.3, 0.4) is 0 Å². The molecular weight excluding hydrogens is 429 g/mol. The second kappa shape index (κ2) is 8.62. The highest BCUT2D eigenvalue weighted by atomic mass is 32.1. The molecule has 3 aromatic rings. The minimum atomic E-state index is -4.45. The number of benzene rings is 1. The number of alkyl halides is 3. The van der Waals surface area contributed by atoms with E-state index in [0.717, 1.165) is 17.4 Å². The van der Waals surface area contributed by atoms with Crippen molar-refractivity contribution in [3.63, 3.8) is 0 Å². The predicted molar refractivity (Wildman–Crippen MR) is 112 cm³/mol. The number of amides is 1. The molecule has 0 atom stereocenters. The lowest BCUT2D eigenvalue weighted by atomic mass is 10.0. The molecule has 0 aliphatic rings. The lowest BCUT2D eigenvalue weighted by Crippen LogP contribution is -2.26. The van der Waals surface area contributed by atoms with Gasteiger partial charge in [-0.1, -0.05) is 18.2 Å². The zero-order chi connectivity index (χ0) is 22.9. The highest BCUT2D eigenvalue weighted by Crippen LogP contribution is 2.32. The maximum atomic E-state index is 13.1. The van der Waals surface area contributed by atoms with Crippen molar-refractivity contribution in [1.29, 1.82) is 0 Å². The van der Waals surface area contributed by atoms with E-state index in [1.807, 2.05) is 0 Å². The normalized spacial score (nSPS) is 11.6. The first-order valence-electron chi connectivity index (χ1n) is 9.46. The molecule has 1 amide bonds. The van der Waals surface area contributed by atoms with E-state index >= 15 is 0 Å². The number of hydrogen-bond acceptors (Lipinski definition) is 5. The van der Waals surface area contributed by atoms with E-state index in [2.05, 4.69) is 15.4 Å². The molecule has 6 nitrogen and oxygen atoms in total. The van der Waals surface area contributed by atoms with Crippen molar-refractivity contribution in [3.05, 3.63) is 67.6 Å². The minimum Gasteiger partial charge on any atom is -0.351 e. The number of aryl methyl sites for hydroxylation is 3. The standard InChI is InChI=1S/C21H21F3N4O2S/c1-11-12(2)27-28(4)20(30)16(11)19-26-13(3)17(31-19)18(29)25-10-9-14-7-5-6-8-15(14)21(22,23)24/h5-8H,9-10H2,1-4H3,(H,25,29). The number of carbonyl (C=O) groups is 1. The van der Waals surface area contributed by atoms with E-state index in [0.29, 0.717) is 32.4 Å². The molecule has 0 bridgehead atoms. The van der Waals surface area contributed by atoms with Crippen LogP contribution >= 0.6 is 11.3 Å². The summed E-state index contributed by atoms with van der Waals surface area (Å²) in [5.74, 6) is -0.439. The summed E-state index contributed by atoms with van der Waals surface area (Å²) in [4.78, 5) is 29.9. The quantitative estimate of drug-likeness (QED) is 0.641. The van der Waals surface area contributed by atoms with Gasteiger partial charge in [-0.15, -0.1) is 11.3 Å². The summed E-state index contributed by atoms with van der Waals surface area (Å²) in [6.07, 6.45) is -4.41. The molecule has 0 fully saturated rings. The van der Waals surface area contributed by atoms with Crippen molar-refractivity contribution < 1.29 is 18.0 Å². The second-order valence-electron chi connectivity index (χ2n) is 7.11. The van der Waals surface area contributed by atoms with Crippen molar-refractivity contribution in [2.24, 2.45) is 7.05 Å². The smallest absolute Gasteiger partial charge is 0.351 e. The fourth-order valence-electron chi connectivity index (χ4n) is 3.22. The van der Waals surface area contributed by atoms with Gasteiger partial charge in [-0.25, -0.2) is 9.67 Å². The van der Waals surface area contributed by atoms with Crippen LogP contribution in [0.15, 0.2) is 29.1 Å². The third-order valence-electron chi connectivity index (χ3n) is 4.94. The van der Waals surface area contributed by atoms with Crippen LogP contribution in [-0.2, 0) is 19.6 Å². The number of hydrogen-bond donors (Lipinski definition) is 1. The molecule has 1 aromatic carbocycles. The summed E-state index contributed by atoms with van der Waals surface area (Å²) >= 11 is 1.08. The Hall–Kier alpha value is -3.01. The molecule has 0 spiro atoms. The number of aromatic nitrogens is 3. The van der Waals surface area contributed by atoms with E-state index in [-0.39, 0.29) is 24.1 Å². The Kier molecular flexibility index (Phi) is 6.30. The maximum Gasteiger partial charge on any atom is 0.416 e. The van der Waals surface area contributed by atoms with Gasteiger partial charge >= 0.3 is 6.18 Å². The average Bonchev–Trinajstić information content (AvgIpc) is 3.07. The van der Waals surface area contributed by atoms with E-state index < -0.39 is 17.6 Å². The summed E-state index contributed by atoms with van der Waals surface area (Å²) in [5.41, 5.74) is 1.30. The Morgan fingerprint density at radius 1 is 1.16 bits per heavy atom. The van der Waals surface area contributed by atoms with E-state index in [4.69, 9.17) is 0 Å². The Labute approximate surface area is 180 Å². The molecule has 0 radical (unpaired) electrons. The largest absolute Gasteiger partial charge is 0.416 e. The molecule has 10 heteroatoms. The Balaban J connectivity index is 1.79. The summed E-state index contributed by atoms with van der Waals surface area (Å²) in [6, 6.07) is 5.29. The molecule has 3 rings (SSSR count). The molecule has 2 heterocycles. The Bertz CT molecular complexity index is 1200. The third kappa shape index (κ3) is 4.68. The van der Waals surface area contributed by atoms with Gasteiger partial charge in [0.05, 0.1) is 22.5 Å². The van der Waals surface area contributed by atoms with Crippen LogP contribution in [0.5, 0.6) is 0 Å². The van der Waals surface area contributed by atoms with Gasteiger partial charge in [-0.05, 0) is 44.4 Å². The van der Waals surface area contributed by atoms with Crippen LogP contribution < -0.4 is 10.9 Å². The fraction of sp³-hybridized carbons (Fsp3) is 0.333. The molecule has 1 N–H and O–H groups in total. The number of nitrogens with zero attached hydrogens (tertiary/aromatic N) is 3. The lowest BCUT2D eigenvalue weighted by Gasteiger charge is -2.12. The number of rotatable bonds is 5. The van der Waals surface area contributed by atoms with E-state index in [1.54, 1.807) is 27.8 Å². The van der Waals surface area contributed by atoms with Gasteiger partial charge in [0.15, 0.2) is 0 Å². The molecule has 164 valence electrons. The van der Waals surface area contributed by atoms with Gasteiger partial charge in [-0.2, -0.15) is 18.3 Å². The molecule has 0 saturated carbocycles. The third-order valence-corrected chi connectivity index (χ3v) is 6.12. The van der Waals surface area contributed by atoms with Crippen LogP contribution in [0.4, 0.5) is 13.2 Å². The predicted octanol–water partition coefficient (Wildman–Crippen LogP) is 3.82. The highest BCUT2D eigenvalue weighted by Gasteiger charge is 2.32. The molecule has 0 saturated heterocycles. The molecule has 0 unspecified atom stereocenters. The van der Waals surface area contributed by atoms with Crippen LogP contribution in [0.25, 0.3) is 10.6 Å². The van der Waals surface area contributed by atoms with Crippen molar-refractivity contribution in [2.75, 3.05) is 6.54 Å². The molecule has 31 heavy (non-hydrogen) atoms. The highest BCUT2D eigenvalue weighted by molar-refractivity contribution is 7.17. The van der Waals surface area contributed by atoms with Gasteiger partial charge in [-0.3, -0.25) is 9.59 Å². The number of thiazole rings is 1. The second-order valence-corrected chi connectivity index (χ2v) is 8.11. The Morgan fingerprint density at radius 3 is 2.52 bits per heavy atom. The average molecular weight is 450 g/mol. The van der Waals surface area contributed by atoms with Gasteiger partial charge in [0.2, 0.25) is 0 Å². The summed E-state index contributed by atoms with van der Waals surface area (Å²) in [6.45, 7) is 5.24. The zero-order valence-electron chi connectivity index (χ0n) is 17.4. The van der Waals surface area contributed by atoms with E-state index in [1.165, 1.54) is 22.9 Å². The number of nitrogens with one attached hydrogen (secondary N) is 1. The van der Waals surface area contributed by atoms with Crippen molar-refractivity contribution >= 4 is 17.2 Å². The van der Waals surface area contributed by atoms with Crippen molar-refractivity contribution in [1.82, 2.24) is 20.1 Å². The monoisotopic (exact) mass is 450 g/mol. The molecular formula is C21H21F3N4O2S. The van der Waals surface area contributed by atoms with Gasteiger partial charge < -0.3 is 5.32 Å². The van der Waals surface area contributed by atoms with Crippen LogP contribution in [0.1, 0.15) is 37.7 Å². The summed E-state index contributed by atoms with van der Waals surface area (Å²) < 4.78 is 40.6.